The van der Waals surface area contributed by atoms with Gasteiger partial charge in [-0.05, 0) is 56.2 Å². The lowest BCUT2D eigenvalue weighted by molar-refractivity contribution is 0.0660. The van der Waals surface area contributed by atoms with Crippen LogP contribution >= 0.6 is 0 Å². The van der Waals surface area contributed by atoms with Crippen molar-refractivity contribution in [1.29, 1.82) is 0 Å². The summed E-state index contributed by atoms with van der Waals surface area (Å²) < 4.78 is 5.47. The molecule has 1 aromatic carbocycles. The maximum absolute atomic E-state index is 12.8. The van der Waals surface area contributed by atoms with E-state index in [9.17, 15) is 9.59 Å². The monoisotopic (exact) mass is 270 g/mol. The number of carbonyl (C=O) groups is 2. The van der Waals surface area contributed by atoms with E-state index in [0.29, 0.717) is 35.3 Å². The zero-order valence-corrected chi connectivity index (χ0v) is 11.6. The molecule has 0 saturated heterocycles. The van der Waals surface area contributed by atoms with Gasteiger partial charge in [-0.15, -0.1) is 0 Å². The second-order valence-corrected chi connectivity index (χ2v) is 6.25. The third kappa shape index (κ3) is 1.46. The Kier molecular flexibility index (Phi) is 2.53. The molecule has 20 heavy (non-hydrogen) atoms. The number of fused-ring (bicyclic) bond motifs is 6. The van der Waals surface area contributed by atoms with Crippen molar-refractivity contribution in [3.05, 3.63) is 29.3 Å². The minimum Gasteiger partial charge on any atom is -0.494 e. The Morgan fingerprint density at radius 3 is 2.35 bits per heavy atom. The van der Waals surface area contributed by atoms with E-state index < -0.39 is 0 Å². The number of carbonyl (C=O) groups excluding carboxylic acids is 2. The number of ether oxygens (including phenoxy) is 1. The second kappa shape index (κ2) is 4.18. The van der Waals surface area contributed by atoms with Crippen LogP contribution in [0.2, 0.25) is 0 Å². The van der Waals surface area contributed by atoms with Crippen molar-refractivity contribution in [2.45, 2.75) is 26.2 Å². The fraction of sp³-hybridized carbons (Fsp3) is 0.529. The molecule has 4 unspecified atom stereocenters. The first-order valence-electron chi connectivity index (χ1n) is 7.56. The number of Topliss-reactive ketones (excluding diaryl/α,β-unsaturated/α-hetero) is 2. The van der Waals surface area contributed by atoms with Crippen LogP contribution in [0.4, 0.5) is 0 Å². The molecule has 4 rings (SSSR count). The van der Waals surface area contributed by atoms with Gasteiger partial charge in [-0.2, -0.15) is 0 Å². The quantitative estimate of drug-likeness (QED) is 0.829. The largest absolute Gasteiger partial charge is 0.494 e. The molecule has 0 spiro atoms. The van der Waals surface area contributed by atoms with E-state index >= 15 is 0 Å². The van der Waals surface area contributed by atoms with Gasteiger partial charge in [0.2, 0.25) is 0 Å². The molecular formula is C17H18O3. The fourth-order valence-electron chi connectivity index (χ4n) is 4.60. The minimum absolute atomic E-state index is 0.0355. The molecule has 0 aliphatic heterocycles. The van der Waals surface area contributed by atoms with Crippen LogP contribution in [-0.4, -0.2) is 18.2 Å². The summed E-state index contributed by atoms with van der Waals surface area (Å²) in [6.45, 7) is 2.48. The van der Waals surface area contributed by atoms with Gasteiger partial charge in [-0.25, -0.2) is 0 Å². The molecule has 0 radical (unpaired) electrons. The summed E-state index contributed by atoms with van der Waals surface area (Å²) in [6, 6.07) is 5.35. The first kappa shape index (κ1) is 12.1. The Morgan fingerprint density at radius 1 is 1.05 bits per heavy atom. The van der Waals surface area contributed by atoms with Gasteiger partial charge >= 0.3 is 0 Å². The van der Waals surface area contributed by atoms with Gasteiger partial charge in [0.15, 0.2) is 11.6 Å². The van der Waals surface area contributed by atoms with Crippen molar-refractivity contribution in [3.8, 4) is 5.75 Å². The van der Waals surface area contributed by atoms with E-state index in [2.05, 4.69) is 0 Å². The van der Waals surface area contributed by atoms with Gasteiger partial charge in [0.05, 0.1) is 6.61 Å². The molecule has 0 N–H and O–H groups in total. The predicted octanol–water partition coefficient (Wildman–Crippen LogP) is 3.13. The third-order valence-electron chi connectivity index (χ3n) is 5.35. The Morgan fingerprint density at radius 2 is 1.70 bits per heavy atom. The molecule has 2 fully saturated rings. The summed E-state index contributed by atoms with van der Waals surface area (Å²) in [6.07, 6.45) is 3.31. The molecule has 1 aromatic rings. The van der Waals surface area contributed by atoms with Crippen LogP contribution in [0.1, 0.15) is 46.9 Å². The lowest BCUT2D eigenvalue weighted by Crippen LogP contribution is -2.40. The molecule has 2 saturated carbocycles. The number of hydrogen-bond acceptors (Lipinski definition) is 3. The Labute approximate surface area is 118 Å². The molecule has 104 valence electrons. The molecule has 2 bridgehead atoms. The van der Waals surface area contributed by atoms with Crippen LogP contribution in [0.25, 0.3) is 0 Å². The average molecular weight is 270 g/mol. The number of ketones is 2. The standard InChI is InChI=1S/C17H18O3/c1-2-20-11-5-6-12-13(8-11)17(19)15-10-4-3-9(7-10)14(15)16(12)18/h5-6,8-10,14-15H,2-4,7H2,1H3. The van der Waals surface area contributed by atoms with Crippen LogP contribution in [0.15, 0.2) is 18.2 Å². The zero-order valence-electron chi connectivity index (χ0n) is 11.6. The van der Waals surface area contributed by atoms with Gasteiger partial charge in [0.1, 0.15) is 5.75 Å². The lowest BCUT2D eigenvalue weighted by Gasteiger charge is -2.33. The van der Waals surface area contributed by atoms with Gasteiger partial charge in [0, 0.05) is 23.0 Å². The number of benzene rings is 1. The van der Waals surface area contributed by atoms with Crippen molar-refractivity contribution in [3.63, 3.8) is 0 Å². The number of hydrogen-bond donors (Lipinski definition) is 0. The molecule has 4 atom stereocenters. The predicted molar refractivity (Wildman–Crippen MR) is 74.1 cm³/mol. The zero-order chi connectivity index (χ0) is 13.9. The molecule has 0 heterocycles. The molecule has 3 aliphatic carbocycles. The third-order valence-corrected chi connectivity index (χ3v) is 5.35. The van der Waals surface area contributed by atoms with Crippen molar-refractivity contribution in [2.75, 3.05) is 6.61 Å². The van der Waals surface area contributed by atoms with E-state index in [1.165, 1.54) is 0 Å². The molecule has 3 heteroatoms. The van der Waals surface area contributed by atoms with Crippen LogP contribution in [0.3, 0.4) is 0 Å². The molecule has 3 aliphatic rings. The van der Waals surface area contributed by atoms with Gasteiger partial charge in [0.25, 0.3) is 0 Å². The first-order chi connectivity index (χ1) is 9.70. The van der Waals surface area contributed by atoms with E-state index in [0.717, 1.165) is 19.3 Å². The highest BCUT2D eigenvalue weighted by Gasteiger charge is 2.56. The highest BCUT2D eigenvalue weighted by atomic mass is 16.5. The van der Waals surface area contributed by atoms with E-state index in [-0.39, 0.29) is 23.4 Å². The number of rotatable bonds is 2. The summed E-state index contributed by atoms with van der Waals surface area (Å²) in [5.74, 6) is 1.86. The SMILES string of the molecule is CCOc1ccc2c(c1)C(=O)C1C3CCC(C3)C1C2=O. The molecule has 0 aromatic heterocycles. The molecule has 3 nitrogen and oxygen atoms in total. The average Bonchev–Trinajstić information content (AvgIpc) is 3.06. The lowest BCUT2D eigenvalue weighted by atomic mass is 9.67. The summed E-state index contributed by atoms with van der Waals surface area (Å²) in [4.78, 5) is 25.5. The van der Waals surface area contributed by atoms with Gasteiger partial charge < -0.3 is 4.74 Å². The first-order valence-corrected chi connectivity index (χ1v) is 7.56. The van der Waals surface area contributed by atoms with Crippen LogP contribution in [0, 0.1) is 23.7 Å². The summed E-state index contributed by atoms with van der Waals surface area (Å²) >= 11 is 0. The van der Waals surface area contributed by atoms with Crippen molar-refractivity contribution in [1.82, 2.24) is 0 Å². The van der Waals surface area contributed by atoms with E-state index in [1.807, 2.05) is 6.92 Å². The summed E-state index contributed by atoms with van der Waals surface area (Å²) in [5, 5.41) is 0. The van der Waals surface area contributed by atoms with E-state index in [4.69, 9.17) is 4.74 Å². The maximum Gasteiger partial charge on any atom is 0.167 e. The van der Waals surface area contributed by atoms with E-state index in [1.54, 1.807) is 18.2 Å². The fourth-order valence-corrected chi connectivity index (χ4v) is 4.60. The highest BCUT2D eigenvalue weighted by Crippen LogP contribution is 2.56. The van der Waals surface area contributed by atoms with Crippen LogP contribution in [-0.2, 0) is 0 Å². The normalized spacial score (nSPS) is 34.0. The topological polar surface area (TPSA) is 43.4 Å². The Hall–Kier alpha value is -1.64. The van der Waals surface area contributed by atoms with Crippen LogP contribution < -0.4 is 4.74 Å². The maximum atomic E-state index is 12.8. The van der Waals surface area contributed by atoms with Crippen molar-refractivity contribution >= 4 is 11.6 Å². The van der Waals surface area contributed by atoms with Gasteiger partial charge in [-0.1, -0.05) is 0 Å². The highest BCUT2D eigenvalue weighted by molar-refractivity contribution is 6.16. The summed E-state index contributed by atoms with van der Waals surface area (Å²) in [5.41, 5.74) is 1.21. The van der Waals surface area contributed by atoms with Gasteiger partial charge in [-0.3, -0.25) is 9.59 Å². The van der Waals surface area contributed by atoms with Crippen molar-refractivity contribution in [2.24, 2.45) is 23.7 Å². The molecule has 0 amide bonds. The Bertz CT molecular complexity index is 604. The second-order valence-electron chi connectivity index (χ2n) is 6.25. The minimum atomic E-state index is -0.0503. The summed E-state index contributed by atoms with van der Waals surface area (Å²) in [7, 11) is 0. The Balaban J connectivity index is 1.81. The van der Waals surface area contributed by atoms with Crippen LogP contribution in [0.5, 0.6) is 5.75 Å². The van der Waals surface area contributed by atoms with Crippen molar-refractivity contribution < 1.29 is 14.3 Å². The smallest absolute Gasteiger partial charge is 0.167 e. The molecular weight excluding hydrogens is 252 g/mol.